The van der Waals surface area contributed by atoms with E-state index in [1.807, 2.05) is 0 Å². The molecule has 1 aliphatic carbocycles. The summed E-state index contributed by atoms with van der Waals surface area (Å²) in [5.41, 5.74) is -0.421. The standard InChI is InChI=1S/C25H21FN4O6/c1-35-17-5-4-13-10-30(22(32)20(13)21(17)26)11-25(23(33)28-24(34)29-25)19-8-15-18(36-19)7-14(9-27-15)16(31)6-12-2-3-12/h4-5,7-9,12H,2-3,6,10-11H2,1H3,(H2,28,29,33,34)/t25-/m0/s1. The van der Waals surface area contributed by atoms with Crippen LogP contribution in [0.5, 0.6) is 5.75 Å². The van der Waals surface area contributed by atoms with E-state index in [1.54, 1.807) is 12.1 Å². The fourth-order valence-electron chi connectivity index (χ4n) is 4.80. The number of carbonyl (C=O) groups is 4. The van der Waals surface area contributed by atoms with E-state index < -0.39 is 29.2 Å². The highest BCUT2D eigenvalue weighted by Gasteiger charge is 2.53. The molecule has 6 rings (SSSR count). The van der Waals surface area contributed by atoms with E-state index in [1.165, 1.54) is 30.3 Å². The van der Waals surface area contributed by atoms with Crippen LogP contribution in [0.1, 0.15) is 51.3 Å². The SMILES string of the molecule is COc1ccc2c(c1F)C(=O)N(C[C@@]1(c3cc4ncc(C(=O)CC5CC5)cc4o3)NC(=O)NC1=O)C2. The number of hydrogen-bond acceptors (Lipinski definition) is 7. The van der Waals surface area contributed by atoms with Crippen LogP contribution in [-0.4, -0.2) is 47.2 Å². The molecule has 1 aromatic carbocycles. The van der Waals surface area contributed by atoms with Crippen LogP contribution in [0.15, 0.2) is 34.9 Å². The van der Waals surface area contributed by atoms with Gasteiger partial charge in [0.2, 0.25) is 0 Å². The zero-order valence-electron chi connectivity index (χ0n) is 19.2. The first-order valence-electron chi connectivity index (χ1n) is 11.5. The first-order valence-corrected chi connectivity index (χ1v) is 11.5. The molecule has 0 unspecified atom stereocenters. The lowest BCUT2D eigenvalue weighted by atomic mass is 9.95. The van der Waals surface area contributed by atoms with Gasteiger partial charge in [-0.2, -0.15) is 0 Å². The van der Waals surface area contributed by atoms with Gasteiger partial charge in [-0.15, -0.1) is 0 Å². The summed E-state index contributed by atoms with van der Waals surface area (Å²) >= 11 is 0. The second-order valence-electron chi connectivity index (χ2n) is 9.38. The van der Waals surface area contributed by atoms with Crippen LogP contribution in [0.3, 0.4) is 0 Å². The van der Waals surface area contributed by atoms with Crippen molar-refractivity contribution in [3.05, 3.63) is 58.7 Å². The van der Waals surface area contributed by atoms with Crippen LogP contribution >= 0.6 is 0 Å². The van der Waals surface area contributed by atoms with E-state index >= 15 is 0 Å². The van der Waals surface area contributed by atoms with Crippen molar-refractivity contribution in [3.63, 3.8) is 0 Å². The number of benzene rings is 1. The molecule has 11 heteroatoms. The minimum Gasteiger partial charge on any atom is -0.494 e. The Labute approximate surface area is 203 Å². The van der Waals surface area contributed by atoms with Gasteiger partial charge in [0.05, 0.1) is 19.2 Å². The van der Waals surface area contributed by atoms with Crippen molar-refractivity contribution >= 4 is 34.7 Å². The number of nitrogens with zero attached hydrogens (tertiary/aromatic N) is 2. The maximum atomic E-state index is 14.8. The van der Waals surface area contributed by atoms with E-state index in [0.717, 1.165) is 12.8 Å². The van der Waals surface area contributed by atoms with Gasteiger partial charge in [0, 0.05) is 30.8 Å². The summed E-state index contributed by atoms with van der Waals surface area (Å²) < 4.78 is 25.7. The smallest absolute Gasteiger partial charge is 0.322 e. The average Bonchev–Trinajstić information content (AvgIpc) is 3.34. The average molecular weight is 492 g/mol. The highest BCUT2D eigenvalue weighted by molar-refractivity contribution is 6.08. The quantitative estimate of drug-likeness (QED) is 0.383. The molecule has 0 spiro atoms. The first kappa shape index (κ1) is 22.2. The lowest BCUT2D eigenvalue weighted by molar-refractivity contribution is -0.125. The number of fused-ring (bicyclic) bond motifs is 2. The Morgan fingerprint density at radius 1 is 1.28 bits per heavy atom. The molecule has 0 radical (unpaired) electrons. The zero-order chi connectivity index (χ0) is 25.2. The van der Waals surface area contributed by atoms with Crippen molar-refractivity contribution in [3.8, 4) is 5.75 Å². The monoisotopic (exact) mass is 492 g/mol. The number of urea groups is 1. The molecular formula is C25H21FN4O6. The fourth-order valence-corrected chi connectivity index (χ4v) is 4.80. The van der Waals surface area contributed by atoms with E-state index in [-0.39, 0.29) is 41.5 Å². The van der Waals surface area contributed by atoms with Crippen molar-refractivity contribution in [1.82, 2.24) is 20.5 Å². The van der Waals surface area contributed by atoms with Crippen LogP contribution in [0, 0.1) is 11.7 Å². The molecule has 3 aliphatic rings. The molecular weight excluding hydrogens is 471 g/mol. The summed E-state index contributed by atoms with van der Waals surface area (Å²) in [6.45, 7) is -0.286. The van der Waals surface area contributed by atoms with Gasteiger partial charge in [-0.25, -0.2) is 9.18 Å². The molecule has 1 saturated carbocycles. The number of furan rings is 1. The van der Waals surface area contributed by atoms with Gasteiger partial charge in [-0.3, -0.25) is 24.7 Å². The second-order valence-corrected chi connectivity index (χ2v) is 9.38. The number of Topliss-reactive ketones (excluding diaryl/α,β-unsaturated/α-hetero) is 1. The molecule has 1 saturated heterocycles. The Kier molecular flexibility index (Phi) is 4.85. The number of ketones is 1. The number of rotatable bonds is 7. The predicted octanol–water partition coefficient (Wildman–Crippen LogP) is 2.65. The maximum Gasteiger partial charge on any atom is 0.322 e. The van der Waals surface area contributed by atoms with Crippen molar-refractivity contribution < 1.29 is 32.7 Å². The summed E-state index contributed by atoms with van der Waals surface area (Å²) in [6, 6.07) is 5.31. The molecule has 2 N–H and O–H groups in total. The third-order valence-electron chi connectivity index (χ3n) is 6.93. The highest BCUT2D eigenvalue weighted by atomic mass is 19.1. The molecule has 4 amide bonds. The van der Waals surface area contributed by atoms with Gasteiger partial charge in [-0.1, -0.05) is 6.07 Å². The van der Waals surface area contributed by atoms with Crippen LogP contribution < -0.4 is 15.4 Å². The molecule has 0 bridgehead atoms. The largest absolute Gasteiger partial charge is 0.494 e. The zero-order valence-corrected chi connectivity index (χ0v) is 19.2. The van der Waals surface area contributed by atoms with Gasteiger partial charge in [-0.05, 0) is 36.5 Å². The van der Waals surface area contributed by atoms with Crippen molar-refractivity contribution in [1.29, 1.82) is 0 Å². The molecule has 3 aromatic rings. The maximum absolute atomic E-state index is 14.8. The van der Waals surface area contributed by atoms with Crippen LogP contribution in [0.2, 0.25) is 0 Å². The third kappa shape index (κ3) is 3.42. The molecule has 10 nitrogen and oxygen atoms in total. The Bertz CT molecular complexity index is 1480. The van der Waals surface area contributed by atoms with Crippen LogP contribution in [-0.2, 0) is 16.9 Å². The van der Waals surface area contributed by atoms with E-state index in [0.29, 0.717) is 29.0 Å². The van der Waals surface area contributed by atoms with Crippen molar-refractivity contribution in [2.45, 2.75) is 31.3 Å². The minimum absolute atomic E-state index is 0.0261. The van der Waals surface area contributed by atoms with Gasteiger partial charge in [0.25, 0.3) is 11.8 Å². The third-order valence-corrected chi connectivity index (χ3v) is 6.93. The van der Waals surface area contributed by atoms with Gasteiger partial charge < -0.3 is 19.4 Å². The number of ether oxygens (including phenoxy) is 1. The molecule has 4 heterocycles. The van der Waals surface area contributed by atoms with Crippen LogP contribution in [0.4, 0.5) is 9.18 Å². The Hall–Kier alpha value is -4.28. The second kappa shape index (κ2) is 7.87. The Morgan fingerprint density at radius 3 is 2.78 bits per heavy atom. The minimum atomic E-state index is -1.77. The molecule has 1 atom stereocenters. The summed E-state index contributed by atoms with van der Waals surface area (Å²) in [5, 5.41) is 4.77. The number of amides is 4. The summed E-state index contributed by atoms with van der Waals surface area (Å²) in [7, 11) is 1.30. The molecule has 184 valence electrons. The number of pyridine rings is 1. The van der Waals surface area contributed by atoms with E-state index in [4.69, 9.17) is 9.15 Å². The lowest BCUT2D eigenvalue weighted by Gasteiger charge is -2.28. The van der Waals surface area contributed by atoms with E-state index in [9.17, 15) is 23.6 Å². The topological polar surface area (TPSA) is 131 Å². The summed E-state index contributed by atoms with van der Waals surface area (Å²) in [4.78, 5) is 56.5. The normalized spacial score (nSPS) is 21.1. The summed E-state index contributed by atoms with van der Waals surface area (Å²) in [6.07, 6.45) is 3.99. The van der Waals surface area contributed by atoms with Gasteiger partial charge in [0.1, 0.15) is 11.3 Å². The highest BCUT2D eigenvalue weighted by Crippen LogP contribution is 2.37. The number of nitrogens with one attached hydrogen (secondary N) is 2. The van der Waals surface area contributed by atoms with Gasteiger partial charge in [0.15, 0.2) is 28.5 Å². The van der Waals surface area contributed by atoms with E-state index in [2.05, 4.69) is 15.6 Å². The molecule has 2 aliphatic heterocycles. The Morgan fingerprint density at radius 2 is 2.08 bits per heavy atom. The summed E-state index contributed by atoms with van der Waals surface area (Å²) in [5.74, 6) is -1.80. The first-order chi connectivity index (χ1) is 17.3. The molecule has 36 heavy (non-hydrogen) atoms. The number of carbonyl (C=O) groups excluding carboxylic acids is 4. The van der Waals surface area contributed by atoms with Crippen molar-refractivity contribution in [2.75, 3.05) is 13.7 Å². The van der Waals surface area contributed by atoms with Gasteiger partial charge >= 0.3 is 6.03 Å². The van der Waals surface area contributed by atoms with Crippen LogP contribution in [0.25, 0.3) is 11.1 Å². The lowest BCUT2D eigenvalue weighted by Crippen LogP contribution is -2.52. The number of halogens is 1. The number of hydrogen-bond donors (Lipinski definition) is 2. The molecule has 2 fully saturated rings. The fraction of sp³-hybridized carbons (Fsp3) is 0.320. The Balaban J connectivity index is 1.35. The molecule has 2 aromatic heterocycles. The predicted molar refractivity (Wildman–Crippen MR) is 122 cm³/mol. The van der Waals surface area contributed by atoms with Crippen molar-refractivity contribution in [2.24, 2.45) is 5.92 Å². The number of aromatic nitrogens is 1. The number of imide groups is 1. The number of methoxy groups -OCH3 is 1.